The van der Waals surface area contributed by atoms with Gasteiger partial charge >= 0.3 is 0 Å². The lowest BCUT2D eigenvalue weighted by atomic mass is 9.49. The molecule has 1 saturated carbocycles. The molecule has 2 heterocycles. The third-order valence-electron chi connectivity index (χ3n) is 12.6. The number of imide groups is 2. The lowest BCUT2D eigenvalue weighted by molar-refractivity contribution is -0.138. The minimum Gasteiger partial charge on any atom is -0.508 e. The number of allylic oxidation sites excluding steroid dienone is 2. The SMILES string of the molecule is COc1ccc(C23C(=O)N(Nc4ccc(Cl)cc4Cl)C(=O)C2CC2C(=CCC4C(=O)N(c5ccc(N=Nc6ccc(N(C)C)cc6)cc5)C(=O)C42)C3c2cc(Br)ccc2O)cc1. The van der Waals surface area contributed by atoms with Gasteiger partial charge in [0, 0.05) is 40.8 Å². The first kappa shape index (κ1) is 41.3. The van der Waals surface area contributed by atoms with E-state index in [0.29, 0.717) is 49.0 Å². The Hall–Kier alpha value is -6.02. The summed E-state index contributed by atoms with van der Waals surface area (Å²) in [6, 6.07) is 31.0. The molecule has 5 aromatic rings. The lowest BCUT2D eigenvalue weighted by Crippen LogP contribution is -2.53. The van der Waals surface area contributed by atoms with Crippen molar-refractivity contribution in [1.29, 1.82) is 0 Å². The number of methoxy groups -OCH3 is 1. The number of ether oxygens (including phenoxy) is 1. The van der Waals surface area contributed by atoms with E-state index < -0.39 is 52.7 Å². The molecule has 62 heavy (non-hydrogen) atoms. The van der Waals surface area contributed by atoms with Crippen LogP contribution in [0.3, 0.4) is 0 Å². The topological polar surface area (TPSA) is 144 Å². The van der Waals surface area contributed by atoms with Gasteiger partial charge in [-0.1, -0.05) is 62.9 Å². The molecule has 12 nitrogen and oxygen atoms in total. The molecular weight excluding hydrogens is 895 g/mol. The molecule has 2 aliphatic carbocycles. The smallest absolute Gasteiger partial charge is 0.260 e. The van der Waals surface area contributed by atoms with Gasteiger partial charge in [-0.25, -0.2) is 0 Å². The zero-order chi connectivity index (χ0) is 43.6. The Morgan fingerprint density at radius 3 is 2.15 bits per heavy atom. The number of nitrogens with one attached hydrogen (secondary N) is 1. The van der Waals surface area contributed by atoms with Crippen LogP contribution in [0, 0.1) is 23.7 Å². The predicted octanol–water partition coefficient (Wildman–Crippen LogP) is 10.1. The second-order valence-electron chi connectivity index (χ2n) is 16.1. The van der Waals surface area contributed by atoms with Crippen molar-refractivity contribution in [3.8, 4) is 11.5 Å². The molecule has 2 saturated heterocycles. The minimum atomic E-state index is -1.63. The Labute approximate surface area is 375 Å². The molecule has 314 valence electrons. The predicted molar refractivity (Wildman–Crippen MR) is 240 cm³/mol. The average molecular weight is 935 g/mol. The van der Waals surface area contributed by atoms with Crippen molar-refractivity contribution in [2.45, 2.75) is 24.2 Å². The first-order valence-corrected chi connectivity index (χ1v) is 21.5. The molecule has 15 heteroatoms. The molecule has 3 fully saturated rings. The number of hydrazine groups is 1. The van der Waals surface area contributed by atoms with Crippen molar-refractivity contribution in [2.24, 2.45) is 33.9 Å². The quantitative estimate of drug-likeness (QED) is 0.0845. The Balaban J connectivity index is 1.12. The van der Waals surface area contributed by atoms with Crippen LogP contribution in [0.4, 0.5) is 28.4 Å². The number of nitrogens with zero attached hydrogens (tertiary/aromatic N) is 5. The molecule has 9 rings (SSSR count). The van der Waals surface area contributed by atoms with Gasteiger partial charge < -0.3 is 14.7 Å². The van der Waals surface area contributed by atoms with Crippen molar-refractivity contribution in [3.63, 3.8) is 0 Å². The third kappa shape index (κ3) is 6.74. The molecule has 0 spiro atoms. The summed E-state index contributed by atoms with van der Waals surface area (Å²) >= 11 is 16.4. The van der Waals surface area contributed by atoms with Crippen molar-refractivity contribution >= 4 is 91.2 Å². The summed E-state index contributed by atoms with van der Waals surface area (Å²) in [5, 5.41) is 22.0. The van der Waals surface area contributed by atoms with Crippen LogP contribution in [0.2, 0.25) is 10.0 Å². The highest BCUT2D eigenvalue weighted by Gasteiger charge is 2.70. The van der Waals surface area contributed by atoms with Gasteiger partial charge in [-0.3, -0.25) is 29.5 Å². The van der Waals surface area contributed by atoms with Crippen LogP contribution in [-0.2, 0) is 24.6 Å². The summed E-state index contributed by atoms with van der Waals surface area (Å²) in [5.41, 5.74) is 5.84. The molecule has 4 aliphatic rings. The molecule has 5 aromatic carbocycles. The maximum atomic E-state index is 15.5. The van der Waals surface area contributed by atoms with Gasteiger partial charge in [-0.2, -0.15) is 15.2 Å². The maximum absolute atomic E-state index is 15.5. The minimum absolute atomic E-state index is 0.0586. The second kappa shape index (κ2) is 16.0. The van der Waals surface area contributed by atoms with Crippen molar-refractivity contribution in [1.82, 2.24) is 5.01 Å². The maximum Gasteiger partial charge on any atom is 0.260 e. The van der Waals surface area contributed by atoms with Crippen LogP contribution in [0.15, 0.2) is 136 Å². The summed E-state index contributed by atoms with van der Waals surface area (Å²) < 4.78 is 6.12. The van der Waals surface area contributed by atoms with Gasteiger partial charge in [-0.05, 0) is 121 Å². The lowest BCUT2D eigenvalue weighted by Gasteiger charge is -2.50. The number of rotatable bonds is 9. The number of phenols is 1. The van der Waals surface area contributed by atoms with Gasteiger partial charge in [0.2, 0.25) is 11.8 Å². The number of hydrogen-bond donors (Lipinski definition) is 2. The zero-order valence-electron chi connectivity index (χ0n) is 33.6. The fraction of sp³-hybridized carbons (Fsp3) is 0.234. The highest BCUT2D eigenvalue weighted by Crippen LogP contribution is 2.65. The fourth-order valence-corrected chi connectivity index (χ4v) is 10.6. The van der Waals surface area contributed by atoms with Crippen LogP contribution in [-0.4, -0.2) is 54.9 Å². The number of carbonyl (C=O) groups is 4. The Morgan fingerprint density at radius 1 is 0.823 bits per heavy atom. The average Bonchev–Trinajstić information content (AvgIpc) is 3.65. The molecular formula is C47H39BrCl2N6O6. The molecule has 6 unspecified atom stereocenters. The summed E-state index contributed by atoms with van der Waals surface area (Å²) in [6.45, 7) is 0. The van der Waals surface area contributed by atoms with E-state index >= 15 is 9.59 Å². The Kier molecular flexibility index (Phi) is 10.7. The largest absolute Gasteiger partial charge is 0.508 e. The molecule has 6 atom stereocenters. The number of anilines is 3. The molecule has 0 bridgehead atoms. The number of carbonyl (C=O) groups excluding carboxylic acids is 4. The standard InChI is InChI=1S/C47H39BrCl2N6O6/c1-54(2)30-12-8-28(9-13-30)51-52-29-10-14-31(15-11-29)55-43(58)34-19-18-33-35(41(34)45(55)60)24-37-44(59)56(53-39-20-7-27(49)23-38(39)50)46(61)47(37,25-4-16-32(62-3)17-5-25)42(33)36-22-26(48)6-21-40(36)57/h4-18,20-23,34-35,37,41-42,53,57H,19,24H2,1-3H3. The highest BCUT2D eigenvalue weighted by molar-refractivity contribution is 9.10. The number of phenolic OH excluding ortho intramolecular Hbond substituents is 1. The van der Waals surface area contributed by atoms with Gasteiger partial charge in [0.05, 0.1) is 58.1 Å². The molecule has 0 radical (unpaired) electrons. The summed E-state index contributed by atoms with van der Waals surface area (Å²) in [5.74, 6) is -5.69. The van der Waals surface area contributed by atoms with E-state index in [1.54, 1.807) is 72.8 Å². The monoisotopic (exact) mass is 932 g/mol. The number of aromatic hydroxyl groups is 1. The fourth-order valence-electron chi connectivity index (χ4n) is 9.80. The molecule has 2 N–H and O–H groups in total. The molecule has 0 aromatic heterocycles. The van der Waals surface area contributed by atoms with Crippen LogP contribution >= 0.6 is 39.1 Å². The first-order valence-electron chi connectivity index (χ1n) is 19.9. The molecule has 2 aliphatic heterocycles. The number of halogens is 3. The zero-order valence-corrected chi connectivity index (χ0v) is 36.7. The van der Waals surface area contributed by atoms with E-state index in [-0.39, 0.29) is 35.2 Å². The van der Waals surface area contributed by atoms with E-state index in [1.807, 2.05) is 49.3 Å². The van der Waals surface area contributed by atoms with Gasteiger partial charge in [0.25, 0.3) is 11.8 Å². The number of hydrogen-bond acceptors (Lipinski definition) is 10. The third-order valence-corrected chi connectivity index (χ3v) is 13.7. The van der Waals surface area contributed by atoms with Crippen LogP contribution < -0.4 is 20.0 Å². The number of benzene rings is 5. The van der Waals surface area contributed by atoms with Crippen molar-refractivity contribution in [2.75, 3.05) is 36.4 Å². The van der Waals surface area contributed by atoms with E-state index in [1.165, 1.54) is 24.1 Å². The van der Waals surface area contributed by atoms with Gasteiger partial charge in [-0.15, -0.1) is 0 Å². The normalized spacial score (nSPS) is 24.2. The summed E-state index contributed by atoms with van der Waals surface area (Å²) in [4.78, 5) is 63.0. The molecule has 4 amide bonds. The van der Waals surface area contributed by atoms with Crippen LogP contribution in [0.1, 0.15) is 29.9 Å². The van der Waals surface area contributed by atoms with Crippen molar-refractivity contribution < 1.29 is 29.0 Å². The van der Waals surface area contributed by atoms with Crippen LogP contribution in [0.25, 0.3) is 0 Å². The number of azo groups is 1. The first-order chi connectivity index (χ1) is 29.8. The Morgan fingerprint density at radius 2 is 1.50 bits per heavy atom. The number of amides is 4. The van der Waals surface area contributed by atoms with Crippen LogP contribution in [0.5, 0.6) is 11.5 Å². The van der Waals surface area contributed by atoms with E-state index in [9.17, 15) is 14.7 Å². The van der Waals surface area contributed by atoms with E-state index in [0.717, 1.165) is 10.7 Å². The Bertz CT molecular complexity index is 2710. The summed E-state index contributed by atoms with van der Waals surface area (Å²) in [6.07, 6.45) is 2.20. The number of fused-ring (bicyclic) bond motifs is 4. The summed E-state index contributed by atoms with van der Waals surface area (Å²) in [7, 11) is 5.45. The second-order valence-corrected chi connectivity index (χ2v) is 17.8. The highest BCUT2D eigenvalue weighted by atomic mass is 79.9. The van der Waals surface area contributed by atoms with Gasteiger partial charge in [0.15, 0.2) is 0 Å². The van der Waals surface area contributed by atoms with E-state index in [4.69, 9.17) is 27.9 Å². The van der Waals surface area contributed by atoms with Crippen molar-refractivity contribution in [3.05, 3.63) is 146 Å². The van der Waals surface area contributed by atoms with Gasteiger partial charge in [0.1, 0.15) is 11.5 Å². The van der Waals surface area contributed by atoms with E-state index in [2.05, 4.69) is 31.6 Å².